The number of thioether (sulfide) groups is 1. The van der Waals surface area contributed by atoms with E-state index >= 15 is 0 Å². The second kappa shape index (κ2) is 9.08. The van der Waals surface area contributed by atoms with E-state index in [9.17, 15) is 4.79 Å². The van der Waals surface area contributed by atoms with Crippen molar-refractivity contribution >= 4 is 40.3 Å². The Morgan fingerprint density at radius 3 is 2.65 bits per heavy atom. The number of nitrogens with zero attached hydrogens (tertiary/aromatic N) is 2. The van der Waals surface area contributed by atoms with E-state index in [0.29, 0.717) is 21.8 Å². The average molecular weight is 450 g/mol. The van der Waals surface area contributed by atoms with Gasteiger partial charge in [0.1, 0.15) is 15.8 Å². The first-order chi connectivity index (χ1) is 14.9. The van der Waals surface area contributed by atoms with Gasteiger partial charge in [-0.15, -0.1) is 0 Å². The minimum absolute atomic E-state index is 0.178. The predicted octanol–water partition coefficient (Wildman–Crippen LogP) is 5.37. The molecule has 0 aliphatic carbocycles. The summed E-state index contributed by atoms with van der Waals surface area (Å²) in [5.74, 6) is 1.12. The van der Waals surface area contributed by atoms with Crippen molar-refractivity contribution in [2.75, 3.05) is 6.61 Å². The van der Waals surface area contributed by atoms with Crippen molar-refractivity contribution in [3.63, 3.8) is 0 Å². The van der Waals surface area contributed by atoms with E-state index in [1.165, 1.54) is 11.8 Å². The van der Waals surface area contributed by atoms with Crippen LogP contribution in [0.25, 0.3) is 23.0 Å². The Morgan fingerprint density at radius 1 is 1.23 bits per heavy atom. The first-order valence-electron chi connectivity index (χ1n) is 10.0. The Kier molecular flexibility index (Phi) is 6.25. The normalized spacial score (nSPS) is 15.0. The lowest BCUT2D eigenvalue weighted by atomic mass is 10.0. The molecule has 0 atom stereocenters. The molecule has 0 unspecified atom stereocenters. The summed E-state index contributed by atoms with van der Waals surface area (Å²) in [6, 6.07) is 15.9. The van der Waals surface area contributed by atoms with Gasteiger partial charge >= 0.3 is 0 Å². The zero-order valence-electron chi connectivity index (χ0n) is 17.6. The number of hydrogen-bond donors (Lipinski definition) is 1. The minimum atomic E-state index is -0.178. The van der Waals surface area contributed by atoms with E-state index in [1.807, 2.05) is 72.4 Å². The van der Waals surface area contributed by atoms with Gasteiger partial charge in [-0.25, -0.2) is 4.68 Å². The van der Waals surface area contributed by atoms with E-state index in [-0.39, 0.29) is 5.91 Å². The number of ether oxygens (including phenoxy) is 1. The lowest BCUT2D eigenvalue weighted by molar-refractivity contribution is -0.115. The highest BCUT2D eigenvalue weighted by molar-refractivity contribution is 8.26. The molecule has 0 spiro atoms. The molecule has 1 fully saturated rings. The first-order valence-corrected chi connectivity index (χ1v) is 11.3. The van der Waals surface area contributed by atoms with E-state index < -0.39 is 0 Å². The molecule has 1 amide bonds. The van der Waals surface area contributed by atoms with Gasteiger partial charge in [-0.3, -0.25) is 4.79 Å². The van der Waals surface area contributed by atoms with Crippen LogP contribution in [-0.2, 0) is 4.79 Å². The number of aromatic nitrogens is 2. The largest absolute Gasteiger partial charge is 0.493 e. The highest BCUT2D eigenvalue weighted by Crippen LogP contribution is 2.33. The number of hydrogen-bond acceptors (Lipinski definition) is 5. The SMILES string of the molecule is Cc1cc(OCC(C)C)ccc1-c1nn(-c2ccccc2)cc1/C=C1\SC(=S)NC1=O. The summed E-state index contributed by atoms with van der Waals surface area (Å²) in [4.78, 5) is 12.8. The summed E-state index contributed by atoms with van der Waals surface area (Å²) in [7, 11) is 0. The Morgan fingerprint density at radius 2 is 2.00 bits per heavy atom. The molecule has 3 aromatic rings. The monoisotopic (exact) mass is 449 g/mol. The number of benzene rings is 2. The standard InChI is InChI=1S/C24H23N3O2S2/c1-15(2)14-29-19-9-10-20(16(3)11-19)22-17(12-21-23(28)25-24(30)31-21)13-27(26-22)18-7-5-4-6-8-18/h4-13,15H,14H2,1-3H3,(H,25,28,30)/b21-12-. The molecule has 0 saturated carbocycles. The van der Waals surface area contributed by atoms with Crippen LogP contribution in [0, 0.1) is 12.8 Å². The highest BCUT2D eigenvalue weighted by Gasteiger charge is 2.23. The highest BCUT2D eigenvalue weighted by atomic mass is 32.2. The van der Waals surface area contributed by atoms with Crippen LogP contribution in [0.2, 0.25) is 0 Å². The second-order valence-electron chi connectivity index (χ2n) is 7.75. The smallest absolute Gasteiger partial charge is 0.263 e. The number of thiocarbonyl (C=S) groups is 1. The fourth-order valence-corrected chi connectivity index (χ4v) is 4.27. The molecule has 1 aliphatic rings. The summed E-state index contributed by atoms with van der Waals surface area (Å²) in [6.45, 7) is 6.97. The number of aryl methyl sites for hydroxylation is 1. The summed E-state index contributed by atoms with van der Waals surface area (Å²) < 4.78 is 8.17. The van der Waals surface area contributed by atoms with Crippen molar-refractivity contribution < 1.29 is 9.53 Å². The first kappa shape index (κ1) is 21.3. The van der Waals surface area contributed by atoms with E-state index in [1.54, 1.807) is 0 Å². The average Bonchev–Trinajstić information content (AvgIpc) is 3.30. The molecule has 2 aromatic carbocycles. The van der Waals surface area contributed by atoms with Crippen LogP contribution in [0.1, 0.15) is 25.0 Å². The third kappa shape index (κ3) is 4.89. The van der Waals surface area contributed by atoms with Gasteiger partial charge in [-0.05, 0) is 54.8 Å². The van der Waals surface area contributed by atoms with Crippen LogP contribution in [0.3, 0.4) is 0 Å². The molecular weight excluding hydrogens is 426 g/mol. The lowest BCUT2D eigenvalue weighted by Crippen LogP contribution is -2.17. The van der Waals surface area contributed by atoms with Crippen LogP contribution in [0.15, 0.2) is 59.6 Å². The quantitative estimate of drug-likeness (QED) is 0.405. The lowest BCUT2D eigenvalue weighted by Gasteiger charge is -2.11. The molecular formula is C24H23N3O2S2. The van der Waals surface area contributed by atoms with Crippen molar-refractivity contribution in [3.8, 4) is 22.7 Å². The fraction of sp³-hybridized carbons (Fsp3) is 0.208. The number of para-hydroxylation sites is 1. The topological polar surface area (TPSA) is 56.1 Å². The van der Waals surface area contributed by atoms with Crippen molar-refractivity contribution in [2.24, 2.45) is 5.92 Å². The summed E-state index contributed by atoms with van der Waals surface area (Å²) in [5, 5.41) is 7.53. The van der Waals surface area contributed by atoms with E-state index in [0.717, 1.165) is 33.8 Å². The summed E-state index contributed by atoms with van der Waals surface area (Å²) >= 11 is 6.40. The van der Waals surface area contributed by atoms with Crippen LogP contribution in [-0.4, -0.2) is 26.6 Å². The second-order valence-corrected chi connectivity index (χ2v) is 9.47. The molecule has 5 nitrogen and oxygen atoms in total. The number of carbonyl (C=O) groups excluding carboxylic acids is 1. The molecule has 1 aliphatic heterocycles. The summed E-state index contributed by atoms with van der Waals surface area (Å²) in [6.07, 6.45) is 3.79. The van der Waals surface area contributed by atoms with Gasteiger partial charge in [0, 0.05) is 17.3 Å². The molecule has 1 N–H and O–H groups in total. The maximum absolute atomic E-state index is 12.2. The molecule has 4 rings (SSSR count). The molecule has 2 heterocycles. The summed E-state index contributed by atoms with van der Waals surface area (Å²) in [5.41, 5.74) is 4.64. The van der Waals surface area contributed by atoms with Crippen LogP contribution in [0.5, 0.6) is 5.75 Å². The number of carbonyl (C=O) groups is 1. The zero-order chi connectivity index (χ0) is 22.0. The van der Waals surface area contributed by atoms with Crippen molar-refractivity contribution in [3.05, 3.63) is 70.8 Å². The molecule has 1 aromatic heterocycles. The molecule has 158 valence electrons. The molecule has 7 heteroatoms. The maximum Gasteiger partial charge on any atom is 0.263 e. The Labute approximate surface area is 191 Å². The predicted molar refractivity (Wildman–Crippen MR) is 130 cm³/mol. The Hall–Kier alpha value is -2.90. The van der Waals surface area contributed by atoms with Crippen LogP contribution >= 0.6 is 24.0 Å². The number of nitrogens with one attached hydrogen (secondary N) is 1. The van der Waals surface area contributed by atoms with Gasteiger partial charge in [0.25, 0.3) is 5.91 Å². The molecule has 0 radical (unpaired) electrons. The Bertz CT molecular complexity index is 1170. The maximum atomic E-state index is 12.2. The van der Waals surface area contributed by atoms with Crippen molar-refractivity contribution in [1.82, 2.24) is 15.1 Å². The molecule has 31 heavy (non-hydrogen) atoms. The third-order valence-electron chi connectivity index (χ3n) is 4.73. The van der Waals surface area contributed by atoms with Crippen LogP contribution in [0.4, 0.5) is 0 Å². The van der Waals surface area contributed by atoms with Gasteiger partial charge in [0.2, 0.25) is 0 Å². The van der Waals surface area contributed by atoms with Gasteiger partial charge in [0.15, 0.2) is 0 Å². The fourth-order valence-electron chi connectivity index (χ4n) is 3.23. The van der Waals surface area contributed by atoms with Gasteiger partial charge in [-0.1, -0.05) is 56.0 Å². The zero-order valence-corrected chi connectivity index (χ0v) is 19.2. The van der Waals surface area contributed by atoms with E-state index in [4.69, 9.17) is 22.1 Å². The number of rotatable bonds is 6. The van der Waals surface area contributed by atoms with Gasteiger partial charge in [0.05, 0.1) is 17.2 Å². The molecule has 0 bridgehead atoms. The molecule has 1 saturated heterocycles. The van der Waals surface area contributed by atoms with Gasteiger partial charge < -0.3 is 10.1 Å². The third-order valence-corrected chi connectivity index (χ3v) is 5.89. The van der Waals surface area contributed by atoms with Crippen molar-refractivity contribution in [2.45, 2.75) is 20.8 Å². The number of amides is 1. The van der Waals surface area contributed by atoms with Crippen LogP contribution < -0.4 is 10.1 Å². The minimum Gasteiger partial charge on any atom is -0.493 e. The van der Waals surface area contributed by atoms with Gasteiger partial charge in [-0.2, -0.15) is 5.10 Å². The Balaban J connectivity index is 1.77. The van der Waals surface area contributed by atoms with Crippen molar-refractivity contribution in [1.29, 1.82) is 0 Å². The van der Waals surface area contributed by atoms with E-state index in [2.05, 4.69) is 19.2 Å².